The number of carbonyl (C=O) groups excluding carboxylic acids is 1. The summed E-state index contributed by atoms with van der Waals surface area (Å²) in [5.74, 6) is 0. The molecule has 0 atom stereocenters. The third-order valence-corrected chi connectivity index (χ3v) is 1.34. The monoisotopic (exact) mass is 172 g/mol. The molecule has 62 valence electrons. The molecular weight excluding hydrogens is 160 g/mol. The molecule has 0 saturated heterocycles. The lowest BCUT2D eigenvalue weighted by molar-refractivity contribution is -0.111. The molecular formula is C9H13ClO. The topological polar surface area (TPSA) is 17.1 Å². The molecule has 0 amide bonds. The summed E-state index contributed by atoms with van der Waals surface area (Å²) in [6.07, 6.45) is 6.13. The number of carbonyl (C=O) groups is 1. The minimum atomic E-state index is -0.256. The average molecular weight is 173 g/mol. The molecule has 0 aromatic heterocycles. The zero-order chi connectivity index (χ0) is 8.69. The van der Waals surface area contributed by atoms with Crippen molar-refractivity contribution in [3.8, 4) is 0 Å². The molecule has 0 spiro atoms. The molecule has 0 aliphatic rings. The van der Waals surface area contributed by atoms with Crippen molar-refractivity contribution < 1.29 is 4.79 Å². The van der Waals surface area contributed by atoms with Gasteiger partial charge in [0.25, 0.3) is 0 Å². The van der Waals surface area contributed by atoms with Gasteiger partial charge in [-0.25, -0.2) is 0 Å². The molecule has 0 radical (unpaired) electrons. The first-order valence-corrected chi connectivity index (χ1v) is 4.01. The molecule has 0 rings (SSSR count). The second-order valence-electron chi connectivity index (χ2n) is 2.50. The van der Waals surface area contributed by atoms with Gasteiger partial charge in [-0.05, 0) is 31.4 Å². The van der Waals surface area contributed by atoms with Gasteiger partial charge >= 0.3 is 0 Å². The summed E-state index contributed by atoms with van der Waals surface area (Å²) < 4.78 is 0. The van der Waals surface area contributed by atoms with Crippen molar-refractivity contribution in [3.63, 3.8) is 0 Å². The van der Waals surface area contributed by atoms with Crippen LogP contribution in [-0.4, -0.2) is 5.24 Å². The van der Waals surface area contributed by atoms with Gasteiger partial charge in [0.1, 0.15) is 0 Å². The van der Waals surface area contributed by atoms with Gasteiger partial charge in [0.05, 0.1) is 0 Å². The molecule has 2 heteroatoms. The smallest absolute Gasteiger partial charge is 0.221 e. The number of hydrogen-bond acceptors (Lipinski definition) is 1. The van der Waals surface area contributed by atoms with Crippen molar-refractivity contribution >= 4 is 16.8 Å². The van der Waals surface area contributed by atoms with Gasteiger partial charge in [-0.15, -0.1) is 0 Å². The Bertz CT molecular complexity index is 170. The van der Waals surface area contributed by atoms with Crippen molar-refractivity contribution in [2.45, 2.75) is 26.2 Å². The molecule has 0 heterocycles. The van der Waals surface area contributed by atoms with Crippen LogP contribution in [0.15, 0.2) is 24.3 Å². The van der Waals surface area contributed by atoms with E-state index in [0.717, 1.165) is 18.4 Å². The van der Waals surface area contributed by atoms with Gasteiger partial charge in [0.2, 0.25) is 5.24 Å². The third kappa shape index (κ3) is 9.44. The molecule has 0 aromatic rings. The lowest BCUT2D eigenvalue weighted by atomic mass is 10.2. The second kappa shape index (κ2) is 6.17. The van der Waals surface area contributed by atoms with Crippen molar-refractivity contribution in [2.24, 2.45) is 0 Å². The van der Waals surface area contributed by atoms with Crippen LogP contribution in [0.1, 0.15) is 26.2 Å². The largest absolute Gasteiger partial charge is 0.281 e. The normalized spacial score (nSPS) is 10.4. The summed E-state index contributed by atoms with van der Waals surface area (Å²) in [5, 5.41) is -0.256. The van der Waals surface area contributed by atoms with Gasteiger partial charge in [0.15, 0.2) is 0 Å². The second-order valence-corrected chi connectivity index (χ2v) is 2.92. The number of hydrogen-bond donors (Lipinski definition) is 0. The van der Waals surface area contributed by atoms with Crippen molar-refractivity contribution in [1.29, 1.82) is 0 Å². The zero-order valence-corrected chi connectivity index (χ0v) is 7.53. The summed E-state index contributed by atoms with van der Waals surface area (Å²) in [5.41, 5.74) is 1.03. The van der Waals surface area contributed by atoms with Crippen LogP contribution in [-0.2, 0) is 4.79 Å². The van der Waals surface area contributed by atoms with Crippen LogP contribution in [0.25, 0.3) is 0 Å². The fraction of sp³-hybridized carbons (Fsp3) is 0.444. The van der Waals surface area contributed by atoms with E-state index in [9.17, 15) is 4.79 Å². The molecule has 0 aliphatic heterocycles. The molecule has 1 nitrogen and oxygen atoms in total. The Labute approximate surface area is 72.7 Å². The van der Waals surface area contributed by atoms with E-state index < -0.39 is 0 Å². The highest BCUT2D eigenvalue weighted by Crippen LogP contribution is 2.01. The van der Waals surface area contributed by atoms with E-state index in [-0.39, 0.29) is 5.24 Å². The highest BCUT2D eigenvalue weighted by molar-refractivity contribution is 6.63. The lowest BCUT2D eigenvalue weighted by Gasteiger charge is -1.89. The van der Waals surface area contributed by atoms with Crippen LogP contribution < -0.4 is 0 Å². The van der Waals surface area contributed by atoms with Crippen LogP contribution >= 0.6 is 11.6 Å². The van der Waals surface area contributed by atoms with E-state index >= 15 is 0 Å². The minimum absolute atomic E-state index is 0.256. The first-order chi connectivity index (χ1) is 5.13. The molecule has 0 N–H and O–H groups in total. The maximum absolute atomic E-state index is 10.3. The van der Waals surface area contributed by atoms with Gasteiger partial charge in [-0.2, -0.15) is 0 Å². The average Bonchev–Trinajstić information content (AvgIpc) is 1.85. The molecule has 0 unspecified atom stereocenters. The van der Waals surface area contributed by atoms with Crippen molar-refractivity contribution in [2.75, 3.05) is 0 Å². The first-order valence-electron chi connectivity index (χ1n) is 3.63. The standard InChI is InChI=1S/C9H13ClO/c1-8(2)6-4-3-5-7-9(10)11/h4,6H,1,3,5,7H2,2H3/b6-4+. The van der Waals surface area contributed by atoms with Gasteiger partial charge in [0, 0.05) is 6.42 Å². The van der Waals surface area contributed by atoms with E-state index in [2.05, 4.69) is 6.58 Å². The Morgan fingerprint density at radius 3 is 2.73 bits per heavy atom. The fourth-order valence-corrected chi connectivity index (χ4v) is 0.777. The first kappa shape index (κ1) is 10.4. The summed E-state index contributed by atoms with van der Waals surface area (Å²) in [6.45, 7) is 5.64. The van der Waals surface area contributed by atoms with E-state index in [1.807, 2.05) is 19.1 Å². The third-order valence-electron chi connectivity index (χ3n) is 1.15. The highest BCUT2D eigenvalue weighted by Gasteiger charge is 1.92. The summed E-state index contributed by atoms with van der Waals surface area (Å²) in [4.78, 5) is 10.3. The van der Waals surface area contributed by atoms with Crippen LogP contribution in [0, 0.1) is 0 Å². The molecule has 11 heavy (non-hydrogen) atoms. The van der Waals surface area contributed by atoms with Crippen molar-refractivity contribution in [3.05, 3.63) is 24.3 Å². The number of rotatable bonds is 5. The number of halogens is 1. The number of unbranched alkanes of at least 4 members (excludes halogenated alkanes) is 1. The van der Waals surface area contributed by atoms with E-state index in [4.69, 9.17) is 11.6 Å². The fourth-order valence-electron chi connectivity index (χ4n) is 0.643. The molecule has 0 bridgehead atoms. The Kier molecular flexibility index (Phi) is 5.86. The highest BCUT2D eigenvalue weighted by atomic mass is 35.5. The molecule has 0 aliphatic carbocycles. The summed E-state index contributed by atoms with van der Waals surface area (Å²) in [7, 11) is 0. The van der Waals surface area contributed by atoms with Crippen LogP contribution in [0.3, 0.4) is 0 Å². The van der Waals surface area contributed by atoms with Crippen molar-refractivity contribution in [1.82, 2.24) is 0 Å². The molecule has 0 saturated carbocycles. The van der Waals surface area contributed by atoms with Gasteiger partial charge in [-0.1, -0.05) is 24.3 Å². The quantitative estimate of drug-likeness (QED) is 0.354. The molecule has 0 fully saturated rings. The van der Waals surface area contributed by atoms with Gasteiger partial charge < -0.3 is 0 Å². The maximum Gasteiger partial charge on any atom is 0.221 e. The summed E-state index contributed by atoms with van der Waals surface area (Å²) >= 11 is 5.14. The molecule has 0 aromatic carbocycles. The van der Waals surface area contributed by atoms with Crippen LogP contribution in [0.5, 0.6) is 0 Å². The number of allylic oxidation sites excluding steroid dienone is 3. The SMILES string of the molecule is C=C(C)/C=C/CCCC(=O)Cl. The lowest BCUT2D eigenvalue weighted by Crippen LogP contribution is -1.83. The minimum Gasteiger partial charge on any atom is -0.281 e. The predicted octanol–water partition coefficient (Wildman–Crippen LogP) is 3.05. The summed E-state index contributed by atoms with van der Waals surface area (Å²) in [6, 6.07) is 0. The Balaban J connectivity index is 3.27. The Hall–Kier alpha value is -0.560. The van der Waals surface area contributed by atoms with E-state index in [0.29, 0.717) is 6.42 Å². The van der Waals surface area contributed by atoms with E-state index in [1.165, 1.54) is 0 Å². The predicted molar refractivity (Wildman–Crippen MR) is 48.7 cm³/mol. The Morgan fingerprint density at radius 2 is 2.27 bits per heavy atom. The van der Waals surface area contributed by atoms with E-state index in [1.54, 1.807) is 0 Å². The zero-order valence-electron chi connectivity index (χ0n) is 6.77. The maximum atomic E-state index is 10.3. The van der Waals surface area contributed by atoms with Crippen LogP contribution in [0.2, 0.25) is 0 Å². The Morgan fingerprint density at radius 1 is 1.64 bits per heavy atom. The van der Waals surface area contributed by atoms with Gasteiger partial charge in [-0.3, -0.25) is 4.79 Å². The van der Waals surface area contributed by atoms with Crippen LogP contribution in [0.4, 0.5) is 0 Å².